The van der Waals surface area contributed by atoms with Crippen molar-refractivity contribution < 1.29 is 8.98 Å². The zero-order valence-electron chi connectivity index (χ0n) is 19.5. The van der Waals surface area contributed by atoms with Crippen LogP contribution in [0.4, 0.5) is 0 Å². The van der Waals surface area contributed by atoms with E-state index in [0.717, 1.165) is 49.3 Å². The molecule has 1 heterocycles. The maximum absolute atomic E-state index is 12.7. The van der Waals surface area contributed by atoms with Crippen molar-refractivity contribution >= 4 is 18.8 Å². The Morgan fingerprint density at radius 2 is 1.87 bits per heavy atom. The Hall–Kier alpha value is -1.72. The number of rotatable bonds is 10. The van der Waals surface area contributed by atoms with Gasteiger partial charge in [0.2, 0.25) is 0 Å². The lowest BCUT2D eigenvalue weighted by Gasteiger charge is -2.35. The van der Waals surface area contributed by atoms with Gasteiger partial charge < -0.3 is 9.50 Å². The Bertz CT molecular complexity index is 681. The lowest BCUT2D eigenvalue weighted by Crippen LogP contribution is -2.47. The smallest absolute Gasteiger partial charge is 0.251 e. The molecule has 0 bridgehead atoms. The Kier molecular flexibility index (Phi) is 12.6. The van der Waals surface area contributed by atoms with Crippen molar-refractivity contribution in [1.29, 1.82) is 0 Å². The number of hydrogen-bond acceptors (Lipinski definition) is 4. The van der Waals surface area contributed by atoms with Crippen LogP contribution in [0.3, 0.4) is 0 Å². The first-order valence-corrected chi connectivity index (χ1v) is 11.4. The lowest BCUT2D eigenvalue weighted by atomic mass is 10.0. The van der Waals surface area contributed by atoms with E-state index >= 15 is 0 Å². The average molecular weight is 433 g/mol. The molecule has 1 unspecified atom stereocenters. The maximum Gasteiger partial charge on any atom is 0.251 e. The third-order valence-electron chi connectivity index (χ3n) is 5.18. The zero-order valence-corrected chi connectivity index (χ0v) is 20.4. The number of nitrogens with one attached hydrogen (secondary N) is 1. The topological polar surface area (TPSA) is 41.6 Å². The molecule has 0 saturated carbocycles. The first-order chi connectivity index (χ1) is 14.3. The zero-order chi connectivity index (χ0) is 22.5. The predicted octanol–water partition coefficient (Wildman–Crippen LogP) is 5.77. The number of amides is 1. The van der Waals surface area contributed by atoms with Crippen LogP contribution in [0, 0.1) is 5.92 Å². The lowest BCUT2D eigenvalue weighted by molar-refractivity contribution is -0.118. The van der Waals surface area contributed by atoms with Gasteiger partial charge in [0.15, 0.2) is 0 Å². The van der Waals surface area contributed by atoms with Crippen LogP contribution in [0.1, 0.15) is 60.8 Å². The summed E-state index contributed by atoms with van der Waals surface area (Å²) in [6.07, 6.45) is 17.0. The van der Waals surface area contributed by atoms with Gasteiger partial charge in [-0.1, -0.05) is 57.2 Å². The van der Waals surface area contributed by atoms with Crippen LogP contribution in [0.5, 0.6) is 0 Å². The number of allylic oxidation sites excluding steroid dienone is 6. The quantitative estimate of drug-likeness (QED) is 0.151. The summed E-state index contributed by atoms with van der Waals surface area (Å²) in [7, 11) is 0. The second-order valence-corrected chi connectivity index (χ2v) is 8.38. The highest BCUT2D eigenvalue weighted by Crippen LogP contribution is 2.17. The van der Waals surface area contributed by atoms with E-state index in [9.17, 15) is 4.79 Å². The van der Waals surface area contributed by atoms with E-state index in [1.807, 2.05) is 44.2 Å². The van der Waals surface area contributed by atoms with Gasteiger partial charge in [0.05, 0.1) is 0 Å². The van der Waals surface area contributed by atoms with Gasteiger partial charge in [0, 0.05) is 43.7 Å². The monoisotopic (exact) mass is 432 g/mol. The Labute approximate surface area is 189 Å². The van der Waals surface area contributed by atoms with Crippen LogP contribution < -0.4 is 5.32 Å². The minimum absolute atomic E-state index is 0.0452. The van der Waals surface area contributed by atoms with Gasteiger partial charge in [-0.15, -0.1) is 0 Å². The van der Waals surface area contributed by atoms with Crippen molar-refractivity contribution in [1.82, 2.24) is 10.2 Å². The molecule has 1 aliphatic heterocycles. The van der Waals surface area contributed by atoms with Crippen LogP contribution in [0.25, 0.3) is 0 Å². The molecule has 0 aromatic rings. The first kappa shape index (κ1) is 26.3. The largest absolute Gasteiger partial charge is 0.429 e. The highest BCUT2D eigenvalue weighted by atomic mass is 32.1. The molecule has 1 amide bonds. The van der Waals surface area contributed by atoms with Gasteiger partial charge in [-0.25, -0.2) is 0 Å². The van der Waals surface area contributed by atoms with Crippen LogP contribution in [0.2, 0.25) is 0 Å². The highest BCUT2D eigenvalue weighted by molar-refractivity contribution is 7.75. The average Bonchev–Trinajstić information content (AvgIpc) is 2.73. The molecule has 1 fully saturated rings. The molecule has 0 aromatic heterocycles. The van der Waals surface area contributed by atoms with Crippen LogP contribution in [0.15, 0.2) is 59.4 Å². The molecule has 0 aliphatic carbocycles. The fourth-order valence-corrected chi connectivity index (χ4v) is 3.61. The number of thiol groups is 1. The van der Waals surface area contributed by atoms with Crippen molar-refractivity contribution in [3.63, 3.8) is 0 Å². The van der Waals surface area contributed by atoms with Crippen molar-refractivity contribution in [3.8, 4) is 0 Å². The molecule has 1 aliphatic rings. The Morgan fingerprint density at radius 1 is 1.20 bits per heavy atom. The normalized spacial score (nSPS) is 19.1. The minimum atomic E-state index is 0.0452. The van der Waals surface area contributed by atoms with Crippen molar-refractivity contribution in [2.45, 2.75) is 72.9 Å². The third kappa shape index (κ3) is 9.40. The van der Waals surface area contributed by atoms with Gasteiger partial charge >= 0.3 is 0 Å². The first-order valence-electron chi connectivity index (χ1n) is 11.1. The van der Waals surface area contributed by atoms with E-state index in [-0.39, 0.29) is 11.9 Å². The molecule has 0 spiro atoms. The summed E-state index contributed by atoms with van der Waals surface area (Å²) >= 11 is 3.93. The fraction of sp³-hybridized carbons (Fsp3) is 0.560. The summed E-state index contributed by atoms with van der Waals surface area (Å²) in [5, 5.41) is 3.24. The molecular formula is C25H40N2O2S. The van der Waals surface area contributed by atoms with Gasteiger partial charge in [-0.2, -0.15) is 0 Å². The number of nitrogens with zero attached hydrogens (tertiary/aromatic N) is 1. The van der Waals surface area contributed by atoms with Crippen molar-refractivity contribution in [2.24, 2.45) is 5.92 Å². The molecule has 1 saturated heterocycles. The second kappa shape index (κ2) is 14.3. The summed E-state index contributed by atoms with van der Waals surface area (Å²) < 4.78 is 5.12. The van der Waals surface area contributed by atoms with Crippen LogP contribution in [-0.4, -0.2) is 36.0 Å². The SMILES string of the molecule is C\C=C/C(OS)=C(C)\C=C\C(C)N1CCC(NC(=O)C(/C=C\CC)=C/C(C)C)CC1. The van der Waals surface area contributed by atoms with Crippen LogP contribution in [-0.2, 0) is 8.98 Å². The number of likely N-dealkylation sites (tertiary alicyclic amines) is 1. The minimum Gasteiger partial charge on any atom is -0.429 e. The molecule has 0 aromatic carbocycles. The molecule has 1 N–H and O–H groups in total. The van der Waals surface area contributed by atoms with E-state index < -0.39 is 0 Å². The van der Waals surface area contributed by atoms with Crippen molar-refractivity contribution in [2.75, 3.05) is 13.1 Å². The highest BCUT2D eigenvalue weighted by Gasteiger charge is 2.23. The third-order valence-corrected chi connectivity index (χ3v) is 5.38. The van der Waals surface area contributed by atoms with Gasteiger partial charge in [0.25, 0.3) is 5.91 Å². The Balaban J connectivity index is 2.63. The summed E-state index contributed by atoms with van der Waals surface area (Å²) in [6.45, 7) is 14.4. The summed E-state index contributed by atoms with van der Waals surface area (Å²) in [6, 6.07) is 0.559. The predicted molar refractivity (Wildman–Crippen MR) is 131 cm³/mol. The van der Waals surface area contributed by atoms with E-state index in [1.54, 1.807) is 0 Å². The number of carbonyl (C=O) groups excluding carboxylic acids is 1. The Morgan fingerprint density at radius 3 is 2.40 bits per heavy atom. The van der Waals surface area contributed by atoms with E-state index in [2.05, 4.69) is 63.0 Å². The second-order valence-electron chi connectivity index (χ2n) is 8.20. The van der Waals surface area contributed by atoms with Gasteiger partial charge in [-0.05, 0) is 57.6 Å². The van der Waals surface area contributed by atoms with E-state index in [4.69, 9.17) is 4.18 Å². The molecule has 1 rings (SSSR count). The van der Waals surface area contributed by atoms with Crippen molar-refractivity contribution in [3.05, 3.63) is 59.4 Å². The van der Waals surface area contributed by atoms with Gasteiger partial charge in [-0.3, -0.25) is 9.69 Å². The fourth-order valence-electron chi connectivity index (χ4n) is 3.40. The van der Waals surface area contributed by atoms with E-state index in [1.165, 1.54) is 0 Å². The van der Waals surface area contributed by atoms with E-state index in [0.29, 0.717) is 12.0 Å². The molecule has 0 radical (unpaired) electrons. The maximum atomic E-state index is 12.7. The summed E-state index contributed by atoms with van der Waals surface area (Å²) in [5.41, 5.74) is 1.82. The summed E-state index contributed by atoms with van der Waals surface area (Å²) in [5.74, 6) is 1.15. The van der Waals surface area contributed by atoms with Crippen LogP contribution >= 0.6 is 12.9 Å². The molecule has 168 valence electrons. The summed E-state index contributed by atoms with van der Waals surface area (Å²) in [4.78, 5) is 15.2. The standard InChI is InChI=1S/C25H40N2O2S/c1-7-9-11-22(18-19(3)4)25(28)26-23-14-16-27(17-15-23)21(6)13-12-20(5)24(29-30)10-8-2/h8-13,18-19,21,23,30H,7,14-17H2,1-6H3,(H,26,28)/b10-8-,11-9-,13-12+,22-18+,24-20+. The molecule has 4 nitrogen and oxygen atoms in total. The number of hydrogen-bond donors (Lipinski definition) is 2. The molecular weight excluding hydrogens is 392 g/mol. The molecule has 30 heavy (non-hydrogen) atoms. The molecule has 5 heteroatoms. The van der Waals surface area contributed by atoms with Gasteiger partial charge in [0.1, 0.15) is 5.76 Å². The molecule has 1 atom stereocenters. The number of piperidine rings is 1. The number of carbonyl (C=O) groups is 1.